The van der Waals surface area contributed by atoms with Gasteiger partial charge in [0.05, 0.1) is 12.1 Å². The van der Waals surface area contributed by atoms with Gasteiger partial charge in [0.25, 0.3) is 0 Å². The van der Waals surface area contributed by atoms with Crippen molar-refractivity contribution in [1.29, 1.82) is 0 Å². The first kappa shape index (κ1) is 18.7. The maximum absolute atomic E-state index is 14.5. The van der Waals surface area contributed by atoms with Gasteiger partial charge in [-0.05, 0) is 44.2 Å². The second-order valence-corrected chi connectivity index (χ2v) is 7.68. The summed E-state index contributed by atoms with van der Waals surface area (Å²) in [5.74, 6) is -1.22. The van der Waals surface area contributed by atoms with E-state index in [0.717, 1.165) is 37.2 Å². The highest BCUT2D eigenvalue weighted by Crippen LogP contribution is 2.29. The zero-order valence-corrected chi connectivity index (χ0v) is 15.8. The molecule has 1 saturated heterocycles. The fourth-order valence-corrected chi connectivity index (χ4v) is 4.19. The van der Waals surface area contributed by atoms with Crippen LogP contribution in [0.3, 0.4) is 0 Å². The number of rotatable bonds is 5. The highest BCUT2D eigenvalue weighted by molar-refractivity contribution is 5.70. The van der Waals surface area contributed by atoms with Crippen LogP contribution in [0.15, 0.2) is 30.5 Å². The Morgan fingerprint density at radius 1 is 1.21 bits per heavy atom. The molecule has 1 saturated carbocycles. The summed E-state index contributed by atoms with van der Waals surface area (Å²) >= 11 is 0. The smallest absolute Gasteiger partial charge is 0.306 e. The standard InChI is InChI=1S/C21H25FN4O2/c22-18-13-23-21(24-16-7-3-6-15(11-16)20(27)28)25-19(18)14-5-4-8-17(12-14)26-9-1-2-10-26/h4-5,8,12-13,15-16H,1-3,6-7,9-11H2,(H,27,28)(H,23,24,25)/t15-,16+/m0/s1. The van der Waals surface area contributed by atoms with Gasteiger partial charge in [-0.3, -0.25) is 4.79 Å². The number of anilines is 2. The van der Waals surface area contributed by atoms with Gasteiger partial charge in [-0.2, -0.15) is 0 Å². The molecule has 1 aromatic heterocycles. The Kier molecular flexibility index (Phi) is 5.41. The molecule has 1 aliphatic carbocycles. The third-order valence-electron chi connectivity index (χ3n) is 5.69. The van der Waals surface area contributed by atoms with Crippen molar-refractivity contribution in [3.05, 3.63) is 36.3 Å². The van der Waals surface area contributed by atoms with Crippen molar-refractivity contribution in [3.8, 4) is 11.3 Å². The normalized spacial score (nSPS) is 22.2. The van der Waals surface area contributed by atoms with E-state index in [1.807, 2.05) is 24.3 Å². The van der Waals surface area contributed by atoms with Crippen LogP contribution in [0.2, 0.25) is 0 Å². The number of aromatic nitrogens is 2. The molecule has 0 spiro atoms. The molecule has 2 N–H and O–H groups in total. The first-order chi connectivity index (χ1) is 13.6. The van der Waals surface area contributed by atoms with E-state index in [1.54, 1.807) is 0 Å². The summed E-state index contributed by atoms with van der Waals surface area (Å²) in [4.78, 5) is 22.1. The maximum atomic E-state index is 14.5. The number of aliphatic carboxylic acids is 1. The van der Waals surface area contributed by atoms with Gasteiger partial charge in [0.2, 0.25) is 5.95 Å². The van der Waals surface area contributed by atoms with Gasteiger partial charge < -0.3 is 15.3 Å². The van der Waals surface area contributed by atoms with Crippen LogP contribution < -0.4 is 10.2 Å². The van der Waals surface area contributed by atoms with E-state index >= 15 is 0 Å². The average molecular weight is 384 g/mol. The Hall–Kier alpha value is -2.70. The van der Waals surface area contributed by atoms with E-state index in [4.69, 9.17) is 0 Å². The van der Waals surface area contributed by atoms with Crippen molar-refractivity contribution in [2.45, 2.75) is 44.6 Å². The lowest BCUT2D eigenvalue weighted by atomic mass is 9.86. The van der Waals surface area contributed by atoms with Gasteiger partial charge >= 0.3 is 5.97 Å². The molecule has 148 valence electrons. The summed E-state index contributed by atoms with van der Waals surface area (Å²) in [6.07, 6.45) is 6.50. The molecule has 7 heteroatoms. The van der Waals surface area contributed by atoms with Crippen molar-refractivity contribution in [2.24, 2.45) is 5.92 Å². The predicted molar refractivity (Wildman–Crippen MR) is 106 cm³/mol. The minimum Gasteiger partial charge on any atom is -0.481 e. The Morgan fingerprint density at radius 3 is 2.82 bits per heavy atom. The molecule has 2 aromatic rings. The summed E-state index contributed by atoms with van der Waals surface area (Å²) < 4.78 is 14.5. The van der Waals surface area contributed by atoms with Gasteiger partial charge in [0.1, 0.15) is 5.69 Å². The largest absolute Gasteiger partial charge is 0.481 e. The first-order valence-corrected chi connectivity index (χ1v) is 9.97. The SMILES string of the molecule is O=C(O)[C@H]1CCC[C@@H](Nc2ncc(F)c(-c3cccc(N4CCCC4)c3)n2)C1. The van der Waals surface area contributed by atoms with E-state index in [-0.39, 0.29) is 17.7 Å². The number of benzene rings is 1. The third kappa shape index (κ3) is 4.08. The third-order valence-corrected chi connectivity index (χ3v) is 5.69. The number of carboxylic acids is 1. The van der Waals surface area contributed by atoms with Crippen LogP contribution in [0, 0.1) is 11.7 Å². The Bertz CT molecular complexity index is 854. The minimum absolute atomic E-state index is 0.0101. The number of nitrogens with zero attached hydrogens (tertiary/aromatic N) is 3. The summed E-state index contributed by atoms with van der Waals surface area (Å²) in [6.45, 7) is 2.05. The summed E-state index contributed by atoms with van der Waals surface area (Å²) in [7, 11) is 0. The quantitative estimate of drug-likeness (QED) is 0.813. The monoisotopic (exact) mass is 384 g/mol. The number of hydrogen-bond donors (Lipinski definition) is 2. The molecule has 2 atom stereocenters. The molecule has 28 heavy (non-hydrogen) atoms. The fraction of sp³-hybridized carbons (Fsp3) is 0.476. The number of nitrogens with one attached hydrogen (secondary N) is 1. The Labute approximate surface area is 163 Å². The molecule has 0 amide bonds. The molecule has 4 rings (SSSR count). The molecule has 0 unspecified atom stereocenters. The highest BCUT2D eigenvalue weighted by Gasteiger charge is 2.27. The van der Waals surface area contributed by atoms with Gasteiger partial charge in [0.15, 0.2) is 5.82 Å². The summed E-state index contributed by atoms with van der Waals surface area (Å²) in [6, 6.07) is 7.79. The van der Waals surface area contributed by atoms with Crippen LogP contribution in [0.4, 0.5) is 16.0 Å². The predicted octanol–water partition coefficient (Wildman–Crippen LogP) is 3.94. The fourth-order valence-electron chi connectivity index (χ4n) is 4.19. The Balaban J connectivity index is 1.54. The molecule has 0 bridgehead atoms. The lowest BCUT2D eigenvalue weighted by Crippen LogP contribution is -2.31. The molecule has 1 aliphatic heterocycles. The summed E-state index contributed by atoms with van der Waals surface area (Å²) in [5.41, 5.74) is 2.07. The van der Waals surface area contributed by atoms with Crippen LogP contribution >= 0.6 is 0 Å². The van der Waals surface area contributed by atoms with Crippen LogP contribution in [0.5, 0.6) is 0 Å². The number of carboxylic acid groups (broad SMARTS) is 1. The van der Waals surface area contributed by atoms with Crippen molar-refractivity contribution in [3.63, 3.8) is 0 Å². The molecule has 2 fully saturated rings. The van der Waals surface area contributed by atoms with Gasteiger partial charge in [-0.25, -0.2) is 14.4 Å². The van der Waals surface area contributed by atoms with Gasteiger partial charge in [-0.1, -0.05) is 18.6 Å². The van der Waals surface area contributed by atoms with Gasteiger partial charge in [0, 0.05) is 30.4 Å². The molecule has 6 nitrogen and oxygen atoms in total. The molecule has 2 heterocycles. The van der Waals surface area contributed by atoms with E-state index in [1.165, 1.54) is 19.0 Å². The van der Waals surface area contributed by atoms with Gasteiger partial charge in [-0.15, -0.1) is 0 Å². The Morgan fingerprint density at radius 2 is 2.04 bits per heavy atom. The van der Waals surface area contributed by atoms with E-state index < -0.39 is 11.8 Å². The van der Waals surface area contributed by atoms with E-state index in [0.29, 0.717) is 18.8 Å². The first-order valence-electron chi connectivity index (χ1n) is 9.97. The molecular formula is C21H25FN4O2. The van der Waals surface area contributed by atoms with Crippen molar-refractivity contribution in [2.75, 3.05) is 23.3 Å². The van der Waals surface area contributed by atoms with E-state index in [2.05, 4.69) is 20.2 Å². The summed E-state index contributed by atoms with van der Waals surface area (Å²) in [5, 5.41) is 12.5. The van der Waals surface area contributed by atoms with Crippen molar-refractivity contribution in [1.82, 2.24) is 9.97 Å². The molecule has 2 aliphatic rings. The van der Waals surface area contributed by atoms with E-state index in [9.17, 15) is 14.3 Å². The van der Waals surface area contributed by atoms with Crippen LogP contribution in [0.25, 0.3) is 11.3 Å². The maximum Gasteiger partial charge on any atom is 0.306 e. The molecular weight excluding hydrogens is 359 g/mol. The zero-order chi connectivity index (χ0) is 19.5. The molecule has 1 aromatic carbocycles. The number of halogens is 1. The second-order valence-electron chi connectivity index (χ2n) is 7.68. The van der Waals surface area contributed by atoms with Crippen LogP contribution in [-0.2, 0) is 4.79 Å². The van der Waals surface area contributed by atoms with Crippen molar-refractivity contribution < 1.29 is 14.3 Å². The lowest BCUT2D eigenvalue weighted by Gasteiger charge is -2.27. The molecule has 0 radical (unpaired) electrons. The van der Waals surface area contributed by atoms with Crippen molar-refractivity contribution >= 4 is 17.6 Å². The van der Waals surface area contributed by atoms with Crippen LogP contribution in [0.1, 0.15) is 38.5 Å². The number of carbonyl (C=O) groups is 1. The zero-order valence-electron chi connectivity index (χ0n) is 15.8. The lowest BCUT2D eigenvalue weighted by molar-refractivity contribution is -0.142. The highest BCUT2D eigenvalue weighted by atomic mass is 19.1. The topological polar surface area (TPSA) is 78.3 Å². The second kappa shape index (κ2) is 8.12. The number of hydrogen-bond acceptors (Lipinski definition) is 5. The minimum atomic E-state index is -0.758. The van der Waals surface area contributed by atoms with Crippen LogP contribution in [-0.4, -0.2) is 40.2 Å². The average Bonchev–Trinajstić information content (AvgIpc) is 3.25.